The molecular weight excluding hydrogens is 426 g/mol. The van der Waals surface area contributed by atoms with Crippen LogP contribution in [-0.4, -0.2) is 42.8 Å². The maximum Gasteiger partial charge on any atom is 0.321 e. The van der Waals surface area contributed by atoms with E-state index in [1.54, 1.807) is 16.8 Å². The normalized spacial score (nSPS) is 13.9. The molecule has 4 rings (SSSR count). The third-order valence-corrected chi connectivity index (χ3v) is 6.29. The van der Waals surface area contributed by atoms with Gasteiger partial charge in [0.25, 0.3) is 0 Å². The highest BCUT2D eigenvalue weighted by Crippen LogP contribution is 2.23. The summed E-state index contributed by atoms with van der Waals surface area (Å²) in [5.74, 6) is 0.108. The van der Waals surface area contributed by atoms with Gasteiger partial charge in [0.05, 0.1) is 6.42 Å². The Kier molecular flexibility index (Phi) is 7.38. The van der Waals surface area contributed by atoms with E-state index in [0.29, 0.717) is 31.6 Å². The van der Waals surface area contributed by atoms with Gasteiger partial charge in [-0.2, -0.15) is 0 Å². The highest BCUT2D eigenvalue weighted by Gasteiger charge is 2.28. The number of urea groups is 1. The largest absolute Gasteiger partial charge is 0.324 e. The van der Waals surface area contributed by atoms with Crippen molar-refractivity contribution < 1.29 is 14.4 Å². The zero-order chi connectivity index (χ0) is 23.9. The van der Waals surface area contributed by atoms with Crippen LogP contribution in [0.4, 0.5) is 16.2 Å². The van der Waals surface area contributed by atoms with Gasteiger partial charge in [-0.25, -0.2) is 4.79 Å². The zero-order valence-corrected chi connectivity index (χ0v) is 19.3. The van der Waals surface area contributed by atoms with Crippen LogP contribution in [0.5, 0.6) is 0 Å². The summed E-state index contributed by atoms with van der Waals surface area (Å²) < 4.78 is 0. The fourth-order valence-electron chi connectivity index (χ4n) is 4.18. The SMILES string of the molecule is CN(C(=O)Cc1ccc(NC(=O)N2CCC(C(=O)c3ccccc3)CC2)cc1)c1ccccc1. The Labute approximate surface area is 200 Å². The van der Waals surface area contributed by atoms with Crippen molar-refractivity contribution in [2.75, 3.05) is 30.4 Å². The summed E-state index contributed by atoms with van der Waals surface area (Å²) in [5.41, 5.74) is 3.15. The molecule has 0 spiro atoms. The van der Waals surface area contributed by atoms with Crippen molar-refractivity contribution in [3.63, 3.8) is 0 Å². The molecule has 0 atom stereocenters. The van der Waals surface area contributed by atoms with E-state index >= 15 is 0 Å². The molecule has 0 unspecified atom stereocenters. The van der Waals surface area contributed by atoms with Crippen LogP contribution in [0.3, 0.4) is 0 Å². The van der Waals surface area contributed by atoms with Crippen LogP contribution in [-0.2, 0) is 11.2 Å². The molecule has 1 aliphatic rings. The van der Waals surface area contributed by atoms with Gasteiger partial charge in [-0.15, -0.1) is 0 Å². The van der Waals surface area contributed by atoms with Crippen molar-refractivity contribution in [3.8, 4) is 0 Å². The number of Topliss-reactive ketones (excluding diaryl/α,β-unsaturated/α-hetero) is 1. The lowest BCUT2D eigenvalue weighted by Crippen LogP contribution is -2.42. The summed E-state index contributed by atoms with van der Waals surface area (Å²) in [4.78, 5) is 41.3. The van der Waals surface area contributed by atoms with Crippen molar-refractivity contribution in [1.82, 2.24) is 4.90 Å². The van der Waals surface area contributed by atoms with Gasteiger partial charge < -0.3 is 15.1 Å². The molecule has 1 saturated heterocycles. The van der Waals surface area contributed by atoms with Crippen LogP contribution in [0.15, 0.2) is 84.9 Å². The Hall–Kier alpha value is -3.93. The third-order valence-electron chi connectivity index (χ3n) is 6.29. The van der Waals surface area contributed by atoms with Crippen molar-refractivity contribution in [2.45, 2.75) is 19.3 Å². The van der Waals surface area contributed by atoms with Crippen LogP contribution < -0.4 is 10.2 Å². The Morgan fingerprint density at radius 2 is 1.44 bits per heavy atom. The maximum atomic E-state index is 12.7. The van der Waals surface area contributed by atoms with Gasteiger partial charge in [0.1, 0.15) is 0 Å². The molecule has 3 aromatic carbocycles. The first-order chi connectivity index (χ1) is 16.5. The lowest BCUT2D eigenvalue weighted by atomic mass is 9.89. The number of amides is 3. The summed E-state index contributed by atoms with van der Waals surface area (Å²) >= 11 is 0. The predicted molar refractivity (Wildman–Crippen MR) is 134 cm³/mol. The van der Waals surface area contributed by atoms with E-state index in [0.717, 1.165) is 16.8 Å². The van der Waals surface area contributed by atoms with Gasteiger partial charge in [0.2, 0.25) is 5.91 Å². The van der Waals surface area contributed by atoms with Gasteiger partial charge in [-0.05, 0) is 42.7 Å². The molecule has 1 fully saturated rings. The number of carbonyl (C=O) groups excluding carboxylic acids is 3. The van der Waals surface area contributed by atoms with Crippen LogP contribution in [0, 0.1) is 5.92 Å². The Morgan fingerprint density at radius 1 is 0.853 bits per heavy atom. The summed E-state index contributed by atoms with van der Waals surface area (Å²) in [6, 6.07) is 26.0. The number of likely N-dealkylation sites (tertiary alicyclic amines) is 1. The standard InChI is InChI=1S/C28H29N3O3/c1-30(25-10-6-3-7-11-25)26(32)20-21-12-14-24(15-13-21)29-28(34)31-18-16-23(17-19-31)27(33)22-8-4-2-5-9-22/h2-15,23H,16-20H2,1H3,(H,29,34). The van der Waals surface area contributed by atoms with E-state index in [4.69, 9.17) is 0 Å². The Morgan fingerprint density at radius 3 is 2.06 bits per heavy atom. The van der Waals surface area contributed by atoms with E-state index in [-0.39, 0.29) is 30.1 Å². The van der Waals surface area contributed by atoms with Crippen molar-refractivity contribution >= 4 is 29.1 Å². The topological polar surface area (TPSA) is 69.7 Å². The summed E-state index contributed by atoms with van der Waals surface area (Å²) in [6.45, 7) is 1.10. The van der Waals surface area contributed by atoms with Gasteiger partial charge in [0, 0.05) is 43.0 Å². The number of carbonyl (C=O) groups is 3. The van der Waals surface area contributed by atoms with Crippen molar-refractivity contribution in [2.24, 2.45) is 5.92 Å². The number of nitrogens with zero attached hydrogens (tertiary/aromatic N) is 2. The first-order valence-electron chi connectivity index (χ1n) is 11.6. The number of likely N-dealkylation sites (N-methyl/N-ethyl adjacent to an activating group) is 1. The minimum absolute atomic E-state index is 0.00379. The number of para-hydroxylation sites is 1. The summed E-state index contributed by atoms with van der Waals surface area (Å²) in [5, 5.41) is 2.92. The van der Waals surface area contributed by atoms with E-state index in [2.05, 4.69) is 5.32 Å². The fourth-order valence-corrected chi connectivity index (χ4v) is 4.18. The molecule has 6 heteroatoms. The molecule has 0 bridgehead atoms. The molecule has 174 valence electrons. The predicted octanol–water partition coefficient (Wildman–Crippen LogP) is 5.02. The van der Waals surface area contributed by atoms with Gasteiger partial charge in [0.15, 0.2) is 5.78 Å². The smallest absolute Gasteiger partial charge is 0.321 e. The quantitative estimate of drug-likeness (QED) is 0.531. The molecule has 0 aliphatic carbocycles. The monoisotopic (exact) mass is 455 g/mol. The van der Waals surface area contributed by atoms with E-state index in [1.165, 1.54) is 0 Å². The second-order valence-corrected chi connectivity index (χ2v) is 8.58. The number of ketones is 1. The first kappa shape index (κ1) is 23.2. The van der Waals surface area contributed by atoms with E-state index in [1.807, 2.05) is 84.9 Å². The Bertz CT molecular complexity index is 1120. The number of anilines is 2. The molecule has 3 aromatic rings. The van der Waals surface area contributed by atoms with Crippen molar-refractivity contribution in [3.05, 3.63) is 96.1 Å². The number of hydrogen-bond donors (Lipinski definition) is 1. The molecule has 0 aromatic heterocycles. The molecule has 34 heavy (non-hydrogen) atoms. The van der Waals surface area contributed by atoms with Gasteiger partial charge >= 0.3 is 6.03 Å². The second-order valence-electron chi connectivity index (χ2n) is 8.58. The zero-order valence-electron chi connectivity index (χ0n) is 19.3. The van der Waals surface area contributed by atoms with Crippen LogP contribution in [0.2, 0.25) is 0 Å². The third kappa shape index (κ3) is 5.70. The highest BCUT2D eigenvalue weighted by atomic mass is 16.2. The number of piperidine rings is 1. The summed E-state index contributed by atoms with van der Waals surface area (Å²) in [7, 11) is 1.77. The van der Waals surface area contributed by atoms with Gasteiger partial charge in [-0.1, -0.05) is 60.7 Å². The number of benzene rings is 3. The molecule has 0 saturated carbocycles. The number of nitrogens with one attached hydrogen (secondary N) is 1. The Balaban J connectivity index is 1.26. The van der Waals surface area contributed by atoms with Gasteiger partial charge in [-0.3, -0.25) is 9.59 Å². The second kappa shape index (κ2) is 10.8. The summed E-state index contributed by atoms with van der Waals surface area (Å²) in [6.07, 6.45) is 1.61. The average molecular weight is 456 g/mol. The van der Waals surface area contributed by atoms with Crippen molar-refractivity contribution in [1.29, 1.82) is 0 Å². The van der Waals surface area contributed by atoms with E-state index in [9.17, 15) is 14.4 Å². The lowest BCUT2D eigenvalue weighted by Gasteiger charge is -2.31. The van der Waals surface area contributed by atoms with E-state index < -0.39 is 0 Å². The maximum absolute atomic E-state index is 12.7. The first-order valence-corrected chi connectivity index (χ1v) is 11.6. The molecular formula is C28H29N3O3. The average Bonchev–Trinajstić information content (AvgIpc) is 2.90. The highest BCUT2D eigenvalue weighted by molar-refractivity contribution is 5.98. The van der Waals surface area contributed by atoms with Crippen LogP contribution >= 0.6 is 0 Å². The minimum Gasteiger partial charge on any atom is -0.324 e. The van der Waals surface area contributed by atoms with Crippen LogP contribution in [0.1, 0.15) is 28.8 Å². The minimum atomic E-state index is -0.168. The molecule has 1 N–H and O–H groups in total. The molecule has 1 aliphatic heterocycles. The molecule has 6 nitrogen and oxygen atoms in total. The molecule has 3 amide bonds. The fraction of sp³-hybridized carbons (Fsp3) is 0.250. The van der Waals surface area contributed by atoms with Crippen LogP contribution in [0.25, 0.3) is 0 Å². The lowest BCUT2D eigenvalue weighted by molar-refractivity contribution is -0.117. The molecule has 0 radical (unpaired) electrons. The number of hydrogen-bond acceptors (Lipinski definition) is 3. The number of rotatable bonds is 6. The molecule has 1 heterocycles.